The van der Waals surface area contributed by atoms with Gasteiger partial charge in [-0.2, -0.15) is 0 Å². The largest absolute Gasteiger partial charge is 0.399 e. The van der Waals surface area contributed by atoms with Crippen molar-refractivity contribution in [1.29, 1.82) is 0 Å². The van der Waals surface area contributed by atoms with Crippen LogP contribution in [-0.4, -0.2) is 104 Å². The third-order valence-corrected chi connectivity index (χ3v) is 19.1. The maximum Gasteiger partial charge on any atom is 0.224 e. The van der Waals surface area contributed by atoms with Gasteiger partial charge in [0, 0.05) is 61.6 Å². The third kappa shape index (κ3) is 32.3. The number of aromatic nitrogens is 7. The molecule has 7 N–H and O–H groups in total. The van der Waals surface area contributed by atoms with Crippen LogP contribution in [0.1, 0.15) is 179 Å². The normalized spacial score (nSPS) is 17.4. The summed E-state index contributed by atoms with van der Waals surface area (Å²) in [6, 6.07) is 24.9. The van der Waals surface area contributed by atoms with E-state index in [4.69, 9.17) is 44.8 Å². The zero-order valence-corrected chi connectivity index (χ0v) is 57.5. The number of hydrogen-bond acceptors (Lipinski definition) is 18. The van der Waals surface area contributed by atoms with Crippen LogP contribution in [0.4, 0.5) is 22.7 Å². The molecule has 22 heteroatoms. The van der Waals surface area contributed by atoms with Crippen LogP contribution in [-0.2, 0) is 30.5 Å². The van der Waals surface area contributed by atoms with Crippen LogP contribution >= 0.6 is 47.3 Å². The molecular weight excluding hydrogens is 1250 g/mol. The van der Waals surface area contributed by atoms with Crippen molar-refractivity contribution in [3.63, 3.8) is 0 Å². The number of carbonyl (C=O) groups excluding carboxylic acids is 3. The van der Waals surface area contributed by atoms with Crippen LogP contribution in [0.2, 0.25) is 0 Å². The number of hydrogen-bond donors (Lipinski definition) is 5. The van der Waals surface area contributed by atoms with Crippen LogP contribution in [0.15, 0.2) is 139 Å². The molecular formula is C71H99ClN12O6S3. The number of Topliss-reactive ketones (excluding diaryl/α,β-unsaturated/α-hetero) is 1. The number of ketones is 1. The van der Waals surface area contributed by atoms with Gasteiger partial charge in [0.05, 0.1) is 64.1 Å². The Morgan fingerprint density at radius 3 is 1.66 bits per heavy atom. The maximum atomic E-state index is 11.6. The fourth-order valence-electron chi connectivity index (χ4n) is 11.8. The Bertz CT molecular complexity index is 2930. The summed E-state index contributed by atoms with van der Waals surface area (Å²) in [6.45, 7) is 0.752. The number of nitrogen functional groups attached to an aromatic ring is 1. The minimum Gasteiger partial charge on any atom is -0.399 e. The number of thiocarbonyl (C=S) groups is 1. The van der Waals surface area contributed by atoms with Crippen LogP contribution < -0.4 is 22.1 Å². The molecule has 504 valence electrons. The van der Waals surface area contributed by atoms with Crippen LogP contribution in [0.3, 0.4) is 0 Å². The van der Waals surface area contributed by atoms with Crippen molar-refractivity contribution in [2.75, 3.05) is 42.4 Å². The van der Waals surface area contributed by atoms with Gasteiger partial charge in [0.2, 0.25) is 11.1 Å². The first kappa shape index (κ1) is 76.0. The van der Waals surface area contributed by atoms with Crippen molar-refractivity contribution < 1.29 is 29.0 Å². The molecule has 6 aromatic rings. The number of carbonyl (C=O) groups is 3. The predicted octanol–water partition coefficient (Wildman–Crippen LogP) is 15.9. The lowest BCUT2D eigenvalue weighted by Gasteiger charge is -2.22. The topological polar surface area (TPSA) is 261 Å². The summed E-state index contributed by atoms with van der Waals surface area (Å²) >= 11 is 14.1. The number of nitrogens with two attached hydrogens (primary N) is 2. The molecule has 93 heavy (non-hydrogen) atoms. The minimum atomic E-state index is -0.186. The summed E-state index contributed by atoms with van der Waals surface area (Å²) in [7, 11) is 0. The number of anilines is 3. The second kappa shape index (κ2) is 46.1. The van der Waals surface area contributed by atoms with Crippen molar-refractivity contribution in [3.05, 3.63) is 134 Å². The SMILES string of the molecule is CSC(CC1CCCC1)=Nc1cccnc1.NCC(=O)COC1CCCCO1.Nc1ccccc1.O=C(CC1CCCC1)Nc1cccnc1.O=C(Cl)CC1CCCC1.OCc1nnc(SC2CCCC2)n1-c1cccnc1.S=C(CC1CCCC1)Nc1cccnc1. The lowest BCUT2D eigenvalue weighted by atomic mass is 10.0. The number of aliphatic hydroxyl groups is 1. The Morgan fingerprint density at radius 2 is 1.17 bits per heavy atom. The molecule has 12 rings (SSSR count). The van der Waals surface area contributed by atoms with E-state index >= 15 is 0 Å². The second-order valence-electron chi connectivity index (χ2n) is 24.2. The highest BCUT2D eigenvalue weighted by atomic mass is 35.5. The van der Waals surface area contributed by atoms with E-state index in [2.05, 4.69) is 52.0 Å². The number of halogens is 1. The van der Waals surface area contributed by atoms with Crippen molar-refractivity contribution >= 4 is 97.1 Å². The zero-order chi connectivity index (χ0) is 65.9. The summed E-state index contributed by atoms with van der Waals surface area (Å²) < 4.78 is 12.3. The van der Waals surface area contributed by atoms with Gasteiger partial charge in [-0.3, -0.25) is 38.9 Å². The molecule has 1 unspecified atom stereocenters. The first-order valence-corrected chi connectivity index (χ1v) is 36.3. The fourth-order valence-corrected chi connectivity index (χ4v) is 14.3. The molecule has 1 amide bonds. The Morgan fingerprint density at radius 1 is 0.645 bits per heavy atom. The average molecular weight is 1350 g/mol. The lowest BCUT2D eigenvalue weighted by molar-refractivity contribution is -0.168. The molecule has 0 radical (unpaired) electrons. The van der Waals surface area contributed by atoms with Crippen LogP contribution in [0.25, 0.3) is 5.69 Å². The van der Waals surface area contributed by atoms with Gasteiger partial charge in [0.1, 0.15) is 13.2 Å². The first-order valence-electron chi connectivity index (χ1n) is 33.4. The first-order chi connectivity index (χ1) is 45.5. The van der Waals surface area contributed by atoms with Crippen molar-refractivity contribution in [1.82, 2.24) is 34.7 Å². The highest BCUT2D eigenvalue weighted by Crippen LogP contribution is 2.36. The number of thioether (sulfide) groups is 2. The maximum absolute atomic E-state index is 11.6. The highest BCUT2D eigenvalue weighted by molar-refractivity contribution is 8.13. The van der Waals surface area contributed by atoms with Crippen molar-refractivity contribution in [2.45, 2.75) is 197 Å². The minimum absolute atomic E-state index is 0.0483. The van der Waals surface area contributed by atoms with Gasteiger partial charge in [0.15, 0.2) is 23.1 Å². The smallest absolute Gasteiger partial charge is 0.224 e. The van der Waals surface area contributed by atoms with E-state index in [1.165, 1.54) is 133 Å². The molecule has 0 spiro atoms. The standard InChI is InChI=1S/C13H16N4OS.C13H18N2S.C12H16N2O.C12H16N2S.C8H15NO3.C7H11ClO.C6H7N/c18-9-12-15-16-13(19-11-5-1-2-6-11)17(12)10-4-3-7-14-8-10;1-16-13(9-11-5-2-3-6-11)15-12-7-4-8-14-10-12;2*15-12(8-10-4-1-2-5-10)14-11-6-3-7-13-9-11;9-5-7(10)6-12-8-3-1-2-4-11-8;8-7(9)5-6-3-1-2-4-6;7-6-4-2-1-3-5-6/h3-4,7-8,11,18H,1-2,5-6,9H2;4,7-8,10-11H,2-3,5-6,9H2,1H3;2*3,6-7,9-10H,1-2,4-5,8H2,(H,14,15);8H,1-6,9H2;6H,1-5H2;1-5H,7H2. The molecule has 6 fully saturated rings. The number of ether oxygens (including phenoxy) is 2. The molecule has 1 aliphatic heterocycles. The molecule has 6 aliphatic rings. The number of aliphatic imine (C=N–C) groups is 1. The predicted molar refractivity (Wildman–Crippen MR) is 383 cm³/mol. The van der Waals surface area contributed by atoms with E-state index in [1.54, 1.807) is 66.9 Å². The Balaban J connectivity index is 0.000000175. The molecule has 6 heterocycles. The van der Waals surface area contributed by atoms with E-state index in [0.29, 0.717) is 35.8 Å². The lowest BCUT2D eigenvalue weighted by Crippen LogP contribution is -2.27. The Labute approximate surface area is 570 Å². The van der Waals surface area contributed by atoms with Crippen molar-refractivity contribution in [3.8, 4) is 5.69 Å². The van der Waals surface area contributed by atoms with Crippen molar-refractivity contribution in [2.24, 2.45) is 34.4 Å². The Hall–Kier alpha value is -6.04. The number of rotatable bonds is 19. The monoisotopic (exact) mass is 1350 g/mol. The van der Waals surface area contributed by atoms with E-state index in [-0.39, 0.29) is 43.0 Å². The number of nitrogens with one attached hydrogen (secondary N) is 2. The number of para-hydroxylation sites is 1. The van der Waals surface area contributed by atoms with Gasteiger partial charge in [0.25, 0.3) is 0 Å². The quantitative estimate of drug-likeness (QED) is 0.0166. The molecule has 0 bridgehead atoms. The van der Waals surface area contributed by atoms with Gasteiger partial charge in [-0.1, -0.05) is 132 Å². The molecule has 18 nitrogen and oxygen atoms in total. The number of aliphatic hydroxyl groups excluding tert-OH is 1. The van der Waals surface area contributed by atoms with Crippen LogP contribution in [0.5, 0.6) is 0 Å². The van der Waals surface area contributed by atoms with Gasteiger partial charge in [-0.05, 0) is 166 Å². The van der Waals surface area contributed by atoms with E-state index in [0.717, 1.165) is 89.1 Å². The second-order valence-corrected chi connectivity index (χ2v) is 27.2. The molecule has 1 aromatic carbocycles. The number of amides is 1. The summed E-state index contributed by atoms with van der Waals surface area (Å²) in [4.78, 5) is 54.6. The Kier molecular flexibility index (Phi) is 37.7. The number of benzene rings is 1. The number of nitrogens with zero attached hydrogens (tertiary/aromatic N) is 8. The van der Waals surface area contributed by atoms with Crippen LogP contribution in [0, 0.1) is 23.7 Å². The summed E-state index contributed by atoms with van der Waals surface area (Å²) in [5, 5.41) is 26.3. The number of pyridine rings is 4. The van der Waals surface area contributed by atoms with E-state index < -0.39 is 0 Å². The molecule has 1 saturated heterocycles. The summed E-state index contributed by atoms with van der Waals surface area (Å²) in [5.41, 5.74) is 15.0. The average Bonchev–Trinajstić information content (AvgIpc) is 1.97. The molecule has 1 atom stereocenters. The molecule has 5 saturated carbocycles. The summed E-state index contributed by atoms with van der Waals surface area (Å²) in [6.07, 6.45) is 48.6. The van der Waals surface area contributed by atoms with Gasteiger partial charge in [-0.25, -0.2) is 4.99 Å². The van der Waals surface area contributed by atoms with Gasteiger partial charge in [-0.15, -0.1) is 22.0 Å². The highest BCUT2D eigenvalue weighted by Gasteiger charge is 2.23. The summed E-state index contributed by atoms with van der Waals surface area (Å²) in [5.74, 6) is 3.48. The van der Waals surface area contributed by atoms with Gasteiger partial charge < -0.3 is 36.7 Å². The fraction of sp³-hybridized carbons (Fsp3) is 0.535. The van der Waals surface area contributed by atoms with Gasteiger partial charge >= 0.3 is 0 Å². The molecule has 5 aromatic heterocycles. The third-order valence-electron chi connectivity index (χ3n) is 16.7. The van der Waals surface area contributed by atoms with E-state index in [9.17, 15) is 19.5 Å². The molecule has 5 aliphatic carbocycles. The zero-order valence-electron chi connectivity index (χ0n) is 54.3. The van der Waals surface area contributed by atoms with E-state index in [1.807, 2.05) is 89.6 Å².